The fourth-order valence-electron chi connectivity index (χ4n) is 1.41. The molecule has 0 saturated heterocycles. The number of ether oxygens (including phenoxy) is 2. The molecule has 5 nitrogen and oxygen atoms in total. The Morgan fingerprint density at radius 3 is 2.44 bits per heavy atom. The molecule has 96 valence electrons. The Morgan fingerprint density at radius 2 is 2.00 bits per heavy atom. The number of hydrogen-bond donors (Lipinski definition) is 1. The van der Waals surface area contributed by atoms with E-state index in [4.69, 9.17) is 9.47 Å². The van der Waals surface area contributed by atoms with Crippen molar-refractivity contribution in [3.05, 3.63) is 0 Å². The second-order valence-electron chi connectivity index (χ2n) is 3.77. The molecule has 0 bridgehead atoms. The van der Waals surface area contributed by atoms with Crippen LogP contribution in [0.5, 0.6) is 0 Å². The summed E-state index contributed by atoms with van der Waals surface area (Å²) in [4.78, 5) is 6.12. The maximum atomic E-state index is 5.17. The first kappa shape index (κ1) is 15.4. The molecule has 16 heavy (non-hydrogen) atoms. The van der Waals surface area contributed by atoms with Crippen molar-refractivity contribution >= 4 is 15.5 Å². The van der Waals surface area contributed by atoms with E-state index in [2.05, 4.69) is 10.3 Å². The Balaban J connectivity index is 3.53. The molecule has 0 radical (unpaired) electrons. The van der Waals surface area contributed by atoms with E-state index in [1.165, 1.54) is 6.04 Å². The molecule has 0 saturated carbocycles. The zero-order chi connectivity index (χ0) is 12.4. The lowest BCUT2D eigenvalue weighted by atomic mass is 10.5. The SMILES string of the molecule is CN=C(NCCC[SiH2]C(OC)OC)N(C)C. The van der Waals surface area contributed by atoms with Gasteiger partial charge < -0.3 is 19.7 Å². The van der Waals surface area contributed by atoms with E-state index in [1.54, 1.807) is 21.3 Å². The first-order valence-corrected chi connectivity index (χ1v) is 7.41. The Kier molecular flexibility index (Phi) is 9.26. The molecule has 0 aromatic rings. The van der Waals surface area contributed by atoms with Crippen LogP contribution in [0, 0.1) is 0 Å². The molecule has 1 N–H and O–H groups in total. The normalized spacial score (nSPS) is 12.8. The smallest absolute Gasteiger partial charge is 0.193 e. The minimum Gasteiger partial charge on any atom is -0.360 e. The van der Waals surface area contributed by atoms with Crippen molar-refractivity contribution in [2.45, 2.75) is 18.4 Å². The van der Waals surface area contributed by atoms with Gasteiger partial charge >= 0.3 is 0 Å². The van der Waals surface area contributed by atoms with Gasteiger partial charge in [-0.3, -0.25) is 4.99 Å². The highest BCUT2D eigenvalue weighted by Crippen LogP contribution is 1.95. The van der Waals surface area contributed by atoms with Crippen LogP contribution in [0.4, 0.5) is 0 Å². The first-order valence-electron chi connectivity index (χ1n) is 5.59. The number of nitrogens with zero attached hydrogens (tertiary/aromatic N) is 2. The van der Waals surface area contributed by atoms with Gasteiger partial charge in [0.2, 0.25) is 0 Å². The van der Waals surface area contributed by atoms with Gasteiger partial charge in [0.25, 0.3) is 0 Å². The topological polar surface area (TPSA) is 46.1 Å². The Morgan fingerprint density at radius 1 is 1.38 bits per heavy atom. The summed E-state index contributed by atoms with van der Waals surface area (Å²) in [5.74, 6) is 0.991. The fourth-order valence-corrected chi connectivity index (χ4v) is 2.75. The Hall–Kier alpha value is -0.593. The summed E-state index contributed by atoms with van der Waals surface area (Å²) in [6.07, 6.45) is 1.14. The van der Waals surface area contributed by atoms with Crippen LogP contribution < -0.4 is 5.32 Å². The third-order valence-corrected chi connectivity index (χ3v) is 4.36. The monoisotopic (exact) mass is 247 g/mol. The standard InChI is InChI=1S/C10H25N3O2Si/c1-11-9(13(2)3)12-7-6-8-16-10(14-4)15-5/h10H,6-8,16H2,1-5H3,(H,11,12). The maximum Gasteiger partial charge on any atom is 0.193 e. The van der Waals surface area contributed by atoms with E-state index in [9.17, 15) is 0 Å². The minimum atomic E-state index is -0.283. The number of methoxy groups -OCH3 is 2. The molecule has 0 heterocycles. The van der Waals surface area contributed by atoms with Crippen molar-refractivity contribution in [1.82, 2.24) is 10.2 Å². The largest absolute Gasteiger partial charge is 0.360 e. The molecular formula is C10H25N3O2Si. The summed E-state index contributed by atoms with van der Waals surface area (Å²) in [5.41, 5.74) is 0. The lowest BCUT2D eigenvalue weighted by Crippen LogP contribution is -2.36. The summed E-state index contributed by atoms with van der Waals surface area (Å²) in [6, 6.07) is 1.21. The molecule has 0 rings (SSSR count). The van der Waals surface area contributed by atoms with Crippen molar-refractivity contribution in [3.8, 4) is 0 Å². The molecule has 0 aliphatic rings. The number of aliphatic imine (C=N–C) groups is 1. The van der Waals surface area contributed by atoms with E-state index in [0.717, 1.165) is 18.9 Å². The molecule has 6 heteroatoms. The molecule has 0 spiro atoms. The molecular weight excluding hydrogens is 222 g/mol. The van der Waals surface area contributed by atoms with Gasteiger partial charge in [0, 0.05) is 41.9 Å². The average Bonchev–Trinajstić information content (AvgIpc) is 2.28. The van der Waals surface area contributed by atoms with Gasteiger partial charge in [-0.15, -0.1) is 0 Å². The summed E-state index contributed by atoms with van der Waals surface area (Å²) in [5, 5.41) is 3.30. The molecule has 0 aliphatic carbocycles. The van der Waals surface area contributed by atoms with Gasteiger partial charge in [-0.1, -0.05) is 6.04 Å². The highest BCUT2D eigenvalue weighted by molar-refractivity contribution is 6.36. The zero-order valence-electron chi connectivity index (χ0n) is 11.1. The predicted molar refractivity (Wildman–Crippen MR) is 70.8 cm³/mol. The van der Waals surface area contributed by atoms with Crippen LogP contribution in [0.3, 0.4) is 0 Å². The molecule has 0 unspecified atom stereocenters. The van der Waals surface area contributed by atoms with E-state index in [1.807, 2.05) is 19.0 Å². The Labute approximate surface area is 101 Å². The molecule has 0 amide bonds. The minimum absolute atomic E-state index is 0.0631. The van der Waals surface area contributed by atoms with Crippen LogP contribution in [0.15, 0.2) is 4.99 Å². The molecule has 0 fully saturated rings. The van der Waals surface area contributed by atoms with Crippen LogP contribution in [0.25, 0.3) is 0 Å². The van der Waals surface area contributed by atoms with E-state index in [0.29, 0.717) is 0 Å². The quantitative estimate of drug-likeness (QED) is 0.220. The second-order valence-corrected chi connectivity index (χ2v) is 5.72. The van der Waals surface area contributed by atoms with Crippen LogP contribution >= 0.6 is 0 Å². The van der Waals surface area contributed by atoms with Crippen LogP contribution in [-0.2, 0) is 9.47 Å². The summed E-state index contributed by atoms with van der Waals surface area (Å²) < 4.78 is 10.3. The highest BCUT2D eigenvalue weighted by atomic mass is 28.2. The van der Waals surface area contributed by atoms with Gasteiger partial charge in [0.05, 0.1) is 9.52 Å². The zero-order valence-corrected chi connectivity index (χ0v) is 12.5. The number of nitrogens with one attached hydrogen (secondary N) is 1. The summed E-state index contributed by atoms with van der Waals surface area (Å²) in [7, 11) is 8.88. The third kappa shape index (κ3) is 6.81. The predicted octanol–water partition coefficient (Wildman–Crippen LogP) is -0.323. The van der Waals surface area contributed by atoms with Crippen molar-refractivity contribution in [2.75, 3.05) is 41.9 Å². The number of hydrogen-bond acceptors (Lipinski definition) is 3. The van der Waals surface area contributed by atoms with E-state index < -0.39 is 0 Å². The molecule has 0 aromatic carbocycles. The van der Waals surface area contributed by atoms with E-state index in [-0.39, 0.29) is 15.4 Å². The molecule has 0 atom stereocenters. The van der Waals surface area contributed by atoms with E-state index >= 15 is 0 Å². The number of guanidine groups is 1. The van der Waals surface area contributed by atoms with Crippen LogP contribution in [0.1, 0.15) is 6.42 Å². The van der Waals surface area contributed by atoms with Crippen LogP contribution in [-0.4, -0.2) is 68.2 Å². The fraction of sp³-hybridized carbons (Fsp3) is 0.900. The lowest BCUT2D eigenvalue weighted by Gasteiger charge is -2.17. The van der Waals surface area contributed by atoms with Gasteiger partial charge in [-0.05, 0) is 6.42 Å². The van der Waals surface area contributed by atoms with Crippen molar-refractivity contribution in [1.29, 1.82) is 0 Å². The Bertz CT molecular complexity index is 197. The van der Waals surface area contributed by atoms with Crippen LogP contribution in [0.2, 0.25) is 6.04 Å². The second kappa shape index (κ2) is 9.62. The van der Waals surface area contributed by atoms with Crippen molar-refractivity contribution < 1.29 is 9.47 Å². The van der Waals surface area contributed by atoms with Gasteiger partial charge in [-0.25, -0.2) is 0 Å². The van der Waals surface area contributed by atoms with Gasteiger partial charge in [0.15, 0.2) is 5.96 Å². The first-order chi connectivity index (χ1) is 7.65. The van der Waals surface area contributed by atoms with Crippen molar-refractivity contribution in [2.24, 2.45) is 4.99 Å². The molecule has 0 aliphatic heterocycles. The van der Waals surface area contributed by atoms with Gasteiger partial charge in [-0.2, -0.15) is 0 Å². The summed E-state index contributed by atoms with van der Waals surface area (Å²) in [6.45, 7) is 0.956. The molecule has 0 aromatic heterocycles. The lowest BCUT2D eigenvalue weighted by molar-refractivity contribution is -0.0441. The average molecular weight is 247 g/mol. The van der Waals surface area contributed by atoms with Crippen molar-refractivity contribution in [3.63, 3.8) is 0 Å². The maximum absolute atomic E-state index is 5.17. The number of rotatable bonds is 7. The summed E-state index contributed by atoms with van der Waals surface area (Å²) >= 11 is 0. The van der Waals surface area contributed by atoms with Gasteiger partial charge in [0.1, 0.15) is 5.91 Å². The third-order valence-electron chi connectivity index (χ3n) is 2.31. The highest BCUT2D eigenvalue weighted by Gasteiger charge is 2.05.